The van der Waals surface area contributed by atoms with Crippen LogP contribution in [0.1, 0.15) is 63.6 Å². The third-order valence-electron chi connectivity index (χ3n) is 5.76. The minimum absolute atomic E-state index is 0.0640. The predicted octanol–water partition coefficient (Wildman–Crippen LogP) is 4.22. The summed E-state index contributed by atoms with van der Waals surface area (Å²) in [7, 11) is -3.77. The van der Waals surface area contributed by atoms with Gasteiger partial charge in [-0.1, -0.05) is 68.8 Å². The number of nitrogens with one attached hydrogen (secondary N) is 1. The Hall–Kier alpha value is -2.87. The molecule has 35 heavy (non-hydrogen) atoms. The van der Waals surface area contributed by atoms with Crippen molar-refractivity contribution in [2.45, 2.75) is 72.5 Å². The molecular weight excluding hydrogens is 462 g/mol. The van der Waals surface area contributed by atoms with Gasteiger partial charge >= 0.3 is 0 Å². The molecule has 0 saturated heterocycles. The number of benzene rings is 2. The van der Waals surface area contributed by atoms with Crippen LogP contribution in [0.2, 0.25) is 0 Å². The third kappa shape index (κ3) is 7.82. The summed E-state index contributed by atoms with van der Waals surface area (Å²) >= 11 is 0. The molecule has 0 spiro atoms. The van der Waals surface area contributed by atoms with Crippen molar-refractivity contribution in [2.75, 3.05) is 17.1 Å². The number of sulfonamides is 1. The molecule has 0 bridgehead atoms. The summed E-state index contributed by atoms with van der Waals surface area (Å²) in [6.07, 6.45) is 1.50. The lowest BCUT2D eigenvalue weighted by Gasteiger charge is -2.34. The number of aryl methyl sites for hydroxylation is 1. The fraction of sp³-hybridized carbons (Fsp3) is 0.481. The second-order valence-corrected chi connectivity index (χ2v) is 11.5. The molecule has 0 aliphatic carbocycles. The Morgan fingerprint density at radius 1 is 1.00 bits per heavy atom. The van der Waals surface area contributed by atoms with Gasteiger partial charge in [-0.05, 0) is 50.3 Å². The molecule has 0 aromatic heterocycles. The minimum atomic E-state index is -3.77. The number of hydrogen-bond acceptors (Lipinski definition) is 4. The van der Waals surface area contributed by atoms with Gasteiger partial charge in [0.15, 0.2) is 0 Å². The maximum Gasteiger partial charge on any atom is 0.244 e. The first-order chi connectivity index (χ1) is 16.3. The topological polar surface area (TPSA) is 86.8 Å². The van der Waals surface area contributed by atoms with E-state index in [9.17, 15) is 18.0 Å². The Labute approximate surface area is 210 Å². The zero-order chi connectivity index (χ0) is 26.3. The van der Waals surface area contributed by atoms with E-state index in [1.54, 1.807) is 12.1 Å². The zero-order valence-electron chi connectivity index (χ0n) is 21.9. The molecule has 0 aliphatic rings. The summed E-state index contributed by atoms with van der Waals surface area (Å²) in [5.41, 5.74) is 3.23. The molecule has 1 N–H and O–H groups in total. The molecule has 0 unspecified atom stereocenters. The second-order valence-electron chi connectivity index (χ2n) is 9.58. The Morgan fingerprint density at radius 2 is 1.66 bits per heavy atom. The number of hydrogen-bond donors (Lipinski definition) is 1. The van der Waals surface area contributed by atoms with E-state index in [1.165, 1.54) is 4.90 Å². The minimum Gasteiger partial charge on any atom is -0.352 e. The summed E-state index contributed by atoms with van der Waals surface area (Å²) in [4.78, 5) is 28.3. The van der Waals surface area contributed by atoms with Crippen molar-refractivity contribution in [3.05, 3.63) is 65.2 Å². The number of para-hydroxylation sites is 1. The van der Waals surface area contributed by atoms with Crippen molar-refractivity contribution >= 4 is 27.5 Å². The van der Waals surface area contributed by atoms with Gasteiger partial charge < -0.3 is 10.2 Å². The molecule has 2 aromatic rings. The van der Waals surface area contributed by atoms with Gasteiger partial charge in [0.05, 0.1) is 11.9 Å². The maximum atomic E-state index is 13.8. The van der Waals surface area contributed by atoms with Gasteiger partial charge in [0, 0.05) is 12.6 Å². The van der Waals surface area contributed by atoms with Crippen LogP contribution in [0.3, 0.4) is 0 Å². The van der Waals surface area contributed by atoms with Crippen molar-refractivity contribution < 1.29 is 18.0 Å². The summed E-state index contributed by atoms with van der Waals surface area (Å²) in [6.45, 7) is 11.3. The second kappa shape index (κ2) is 12.2. The van der Waals surface area contributed by atoms with Gasteiger partial charge in [-0.2, -0.15) is 0 Å². The van der Waals surface area contributed by atoms with Crippen LogP contribution in [-0.4, -0.2) is 50.0 Å². The number of carbonyl (C=O) groups is 2. The molecule has 8 heteroatoms. The molecule has 192 valence electrons. The van der Waals surface area contributed by atoms with Gasteiger partial charge in [0.25, 0.3) is 0 Å². The Balaban J connectivity index is 2.51. The molecule has 2 amide bonds. The number of rotatable bonds is 11. The highest BCUT2D eigenvalue weighted by atomic mass is 32.2. The van der Waals surface area contributed by atoms with E-state index in [0.717, 1.165) is 27.3 Å². The lowest BCUT2D eigenvalue weighted by atomic mass is 10.0. The van der Waals surface area contributed by atoms with Crippen molar-refractivity contribution in [1.82, 2.24) is 10.2 Å². The van der Waals surface area contributed by atoms with Crippen LogP contribution in [0.4, 0.5) is 5.69 Å². The number of anilines is 1. The third-order valence-corrected chi connectivity index (χ3v) is 6.89. The standard InChI is InChI=1S/C27H39N3O4S/c1-8-24(27(32)28-20(4)5)29(17-22-13-11-12-21(6)16-22)26(31)18-30(35(7,33)34)25-15-10-9-14-23(25)19(2)3/h9-16,19-20,24H,8,17-18H2,1-7H3,(H,28,32)/t24-/m0/s1. The Kier molecular flexibility index (Phi) is 9.89. The van der Waals surface area contributed by atoms with Gasteiger partial charge in [-0.15, -0.1) is 0 Å². The molecule has 0 radical (unpaired) electrons. The first-order valence-electron chi connectivity index (χ1n) is 12.1. The van der Waals surface area contributed by atoms with Crippen LogP contribution in [0.5, 0.6) is 0 Å². The molecule has 0 heterocycles. The van der Waals surface area contributed by atoms with Crippen LogP contribution < -0.4 is 9.62 Å². The average Bonchev–Trinajstić information content (AvgIpc) is 2.76. The summed E-state index contributed by atoms with van der Waals surface area (Å²) in [5, 5.41) is 2.90. The molecule has 0 saturated carbocycles. The lowest BCUT2D eigenvalue weighted by molar-refractivity contribution is -0.140. The van der Waals surface area contributed by atoms with Gasteiger partial charge in [-0.3, -0.25) is 13.9 Å². The van der Waals surface area contributed by atoms with Crippen LogP contribution >= 0.6 is 0 Å². The Morgan fingerprint density at radius 3 is 2.20 bits per heavy atom. The highest BCUT2D eigenvalue weighted by Crippen LogP contribution is 2.29. The first kappa shape index (κ1) is 28.4. The average molecular weight is 502 g/mol. The predicted molar refractivity (Wildman–Crippen MR) is 142 cm³/mol. The fourth-order valence-corrected chi connectivity index (χ4v) is 4.97. The first-order valence-corrected chi connectivity index (χ1v) is 13.9. The van der Waals surface area contributed by atoms with Crippen LogP contribution in [0, 0.1) is 6.92 Å². The van der Waals surface area contributed by atoms with Crippen molar-refractivity contribution in [1.29, 1.82) is 0 Å². The van der Waals surface area contributed by atoms with E-state index in [4.69, 9.17) is 0 Å². The smallest absolute Gasteiger partial charge is 0.244 e. The van der Waals surface area contributed by atoms with Crippen molar-refractivity contribution in [2.24, 2.45) is 0 Å². The molecule has 2 aromatic carbocycles. The number of carbonyl (C=O) groups excluding carboxylic acids is 2. The van der Waals surface area contributed by atoms with Crippen LogP contribution in [0.15, 0.2) is 48.5 Å². The lowest BCUT2D eigenvalue weighted by Crippen LogP contribution is -2.53. The molecular formula is C27H39N3O4S. The largest absolute Gasteiger partial charge is 0.352 e. The molecule has 1 atom stereocenters. The van der Waals surface area contributed by atoms with Crippen LogP contribution in [-0.2, 0) is 26.2 Å². The summed E-state index contributed by atoms with van der Waals surface area (Å²) in [5.74, 6) is -0.618. The van der Waals surface area contributed by atoms with E-state index in [1.807, 2.05) is 77.9 Å². The zero-order valence-corrected chi connectivity index (χ0v) is 22.7. The highest BCUT2D eigenvalue weighted by Gasteiger charge is 2.32. The quantitative estimate of drug-likeness (QED) is 0.500. The molecule has 7 nitrogen and oxygen atoms in total. The maximum absolute atomic E-state index is 13.8. The molecule has 0 fully saturated rings. The normalized spacial score (nSPS) is 12.5. The van der Waals surface area contributed by atoms with Gasteiger partial charge in [-0.25, -0.2) is 8.42 Å². The van der Waals surface area contributed by atoms with E-state index in [-0.39, 0.29) is 31.0 Å². The molecule has 2 rings (SSSR count). The summed E-state index contributed by atoms with van der Waals surface area (Å²) in [6, 6.07) is 14.1. The van der Waals surface area contributed by atoms with E-state index in [2.05, 4.69) is 5.32 Å². The number of nitrogens with zero attached hydrogens (tertiary/aromatic N) is 2. The van der Waals surface area contributed by atoms with E-state index >= 15 is 0 Å². The highest BCUT2D eigenvalue weighted by molar-refractivity contribution is 7.92. The SMILES string of the molecule is CC[C@@H](C(=O)NC(C)C)N(Cc1cccc(C)c1)C(=O)CN(c1ccccc1C(C)C)S(C)(=O)=O. The summed E-state index contributed by atoms with van der Waals surface area (Å²) < 4.78 is 26.9. The van der Waals surface area contributed by atoms with E-state index in [0.29, 0.717) is 12.1 Å². The number of amides is 2. The molecule has 0 aliphatic heterocycles. The van der Waals surface area contributed by atoms with Gasteiger partial charge in [0.1, 0.15) is 12.6 Å². The van der Waals surface area contributed by atoms with Gasteiger partial charge in [0.2, 0.25) is 21.8 Å². The fourth-order valence-electron chi connectivity index (χ4n) is 4.11. The Bertz CT molecular complexity index is 1130. The van der Waals surface area contributed by atoms with Crippen molar-refractivity contribution in [3.63, 3.8) is 0 Å². The van der Waals surface area contributed by atoms with E-state index < -0.39 is 22.0 Å². The van der Waals surface area contributed by atoms with Crippen molar-refractivity contribution in [3.8, 4) is 0 Å². The monoisotopic (exact) mass is 501 g/mol. The van der Waals surface area contributed by atoms with Crippen LogP contribution in [0.25, 0.3) is 0 Å².